The minimum Gasteiger partial charge on any atom is -0.481 e. The molecular weight excluding hydrogens is 362 g/mol. The first-order chi connectivity index (χ1) is 13.1. The highest BCUT2D eigenvalue weighted by molar-refractivity contribution is 6.30. The zero-order valence-corrected chi connectivity index (χ0v) is 16.4. The lowest BCUT2D eigenvalue weighted by atomic mass is 9.74. The van der Waals surface area contributed by atoms with E-state index in [-0.39, 0.29) is 11.3 Å². The van der Waals surface area contributed by atoms with E-state index in [0.29, 0.717) is 37.0 Å². The number of nitrogens with one attached hydrogen (secondary N) is 1. The fraction of sp³-hybridized carbons (Fsp3) is 0.409. The van der Waals surface area contributed by atoms with Crippen LogP contribution in [-0.4, -0.2) is 31.8 Å². The maximum Gasteiger partial charge on any atom is 0.261 e. The van der Waals surface area contributed by atoms with Gasteiger partial charge in [0.15, 0.2) is 6.10 Å². The number of halogens is 1. The van der Waals surface area contributed by atoms with Crippen molar-refractivity contribution in [2.75, 3.05) is 19.8 Å². The Bertz CT molecular complexity index is 744. The minimum absolute atomic E-state index is 0.0937. The molecule has 1 heterocycles. The molecule has 0 radical (unpaired) electrons. The summed E-state index contributed by atoms with van der Waals surface area (Å²) in [5.41, 5.74) is 1.15. The lowest BCUT2D eigenvalue weighted by Gasteiger charge is -2.38. The van der Waals surface area contributed by atoms with Gasteiger partial charge in [-0.2, -0.15) is 0 Å². The maximum absolute atomic E-state index is 12.8. The summed E-state index contributed by atoms with van der Waals surface area (Å²) in [5, 5.41) is 3.72. The van der Waals surface area contributed by atoms with Crippen LogP contribution in [-0.2, 0) is 14.9 Å². The number of rotatable bonds is 7. The molecule has 1 N–H and O–H groups in total. The van der Waals surface area contributed by atoms with Crippen LogP contribution in [0.25, 0.3) is 0 Å². The number of amides is 1. The lowest BCUT2D eigenvalue weighted by Crippen LogP contribution is -2.48. The third kappa shape index (κ3) is 5.02. The van der Waals surface area contributed by atoms with Crippen LogP contribution in [0, 0.1) is 0 Å². The zero-order valence-electron chi connectivity index (χ0n) is 15.6. The van der Waals surface area contributed by atoms with Crippen molar-refractivity contribution in [3.05, 3.63) is 65.2 Å². The summed E-state index contributed by atoms with van der Waals surface area (Å²) >= 11 is 6.01. The zero-order chi connectivity index (χ0) is 19.1. The predicted molar refractivity (Wildman–Crippen MR) is 107 cm³/mol. The molecule has 4 nitrogen and oxygen atoms in total. The number of carbonyl (C=O) groups is 1. The molecule has 5 heteroatoms. The van der Waals surface area contributed by atoms with Crippen LogP contribution in [0.5, 0.6) is 5.75 Å². The molecule has 144 valence electrons. The average molecular weight is 388 g/mol. The Balaban J connectivity index is 1.67. The van der Waals surface area contributed by atoms with Crippen LogP contribution < -0.4 is 10.1 Å². The van der Waals surface area contributed by atoms with Crippen LogP contribution in [0.4, 0.5) is 0 Å². The summed E-state index contributed by atoms with van der Waals surface area (Å²) in [6.45, 7) is 3.94. The second kappa shape index (κ2) is 9.25. The molecule has 1 atom stereocenters. The molecule has 1 fully saturated rings. The molecule has 3 rings (SSSR count). The second-order valence-corrected chi connectivity index (χ2v) is 7.39. The largest absolute Gasteiger partial charge is 0.481 e. The Hall–Kier alpha value is -2.04. The van der Waals surface area contributed by atoms with E-state index in [4.69, 9.17) is 21.1 Å². The van der Waals surface area contributed by atoms with Crippen LogP contribution in [0.1, 0.15) is 31.7 Å². The van der Waals surface area contributed by atoms with Gasteiger partial charge in [-0.25, -0.2) is 0 Å². The van der Waals surface area contributed by atoms with Crippen molar-refractivity contribution in [2.24, 2.45) is 0 Å². The Morgan fingerprint density at radius 2 is 1.93 bits per heavy atom. The van der Waals surface area contributed by atoms with E-state index in [2.05, 4.69) is 17.4 Å². The van der Waals surface area contributed by atoms with Gasteiger partial charge < -0.3 is 14.8 Å². The van der Waals surface area contributed by atoms with Crippen LogP contribution in [0.3, 0.4) is 0 Å². The van der Waals surface area contributed by atoms with Gasteiger partial charge in [-0.1, -0.05) is 54.9 Å². The highest BCUT2D eigenvalue weighted by Crippen LogP contribution is 2.34. The van der Waals surface area contributed by atoms with E-state index in [1.54, 1.807) is 12.1 Å². The Kier molecular flexibility index (Phi) is 6.75. The first-order valence-corrected chi connectivity index (χ1v) is 9.84. The highest BCUT2D eigenvalue weighted by Gasteiger charge is 2.35. The van der Waals surface area contributed by atoms with Gasteiger partial charge in [0.05, 0.1) is 0 Å². The summed E-state index contributed by atoms with van der Waals surface area (Å²) in [7, 11) is 0. The molecule has 2 aromatic carbocycles. The van der Waals surface area contributed by atoms with Crippen molar-refractivity contribution in [1.29, 1.82) is 0 Å². The molecule has 1 amide bonds. The Morgan fingerprint density at radius 3 is 2.59 bits per heavy atom. The van der Waals surface area contributed by atoms with Gasteiger partial charge in [0.1, 0.15) is 5.75 Å². The third-order valence-corrected chi connectivity index (χ3v) is 5.41. The van der Waals surface area contributed by atoms with Crippen molar-refractivity contribution < 1.29 is 14.3 Å². The molecule has 27 heavy (non-hydrogen) atoms. The van der Waals surface area contributed by atoms with Gasteiger partial charge in [0.25, 0.3) is 5.91 Å². The standard InChI is InChI=1S/C22H26ClNO3/c1-2-20(27-19-10-6-9-18(23)15-19)21(25)24-16-22(11-13-26-14-12-22)17-7-4-3-5-8-17/h3-10,15,20H,2,11-14,16H2,1H3,(H,24,25)/t20-/m1/s1. The van der Waals surface area contributed by atoms with Crippen molar-refractivity contribution in [3.8, 4) is 5.75 Å². The lowest BCUT2D eigenvalue weighted by molar-refractivity contribution is -0.128. The van der Waals surface area contributed by atoms with Crippen molar-refractivity contribution >= 4 is 17.5 Å². The normalized spacial score (nSPS) is 17.1. The van der Waals surface area contributed by atoms with Crippen LogP contribution in [0.15, 0.2) is 54.6 Å². The quantitative estimate of drug-likeness (QED) is 0.767. The molecule has 0 spiro atoms. The minimum atomic E-state index is -0.545. The number of hydrogen-bond donors (Lipinski definition) is 1. The van der Waals surface area contributed by atoms with E-state index >= 15 is 0 Å². The van der Waals surface area contributed by atoms with Crippen molar-refractivity contribution in [1.82, 2.24) is 5.32 Å². The molecule has 0 bridgehead atoms. The summed E-state index contributed by atoms with van der Waals surface area (Å²) in [4.78, 5) is 12.8. The van der Waals surface area contributed by atoms with Gasteiger partial charge in [0.2, 0.25) is 0 Å². The SMILES string of the molecule is CC[C@@H](Oc1cccc(Cl)c1)C(=O)NCC1(c2ccccc2)CCOCC1. The molecule has 1 aliphatic heterocycles. The highest BCUT2D eigenvalue weighted by atomic mass is 35.5. The fourth-order valence-electron chi connectivity index (χ4n) is 3.52. The van der Waals surface area contributed by atoms with Crippen LogP contribution in [0.2, 0.25) is 5.02 Å². The van der Waals surface area contributed by atoms with Gasteiger partial charge >= 0.3 is 0 Å². The first-order valence-electron chi connectivity index (χ1n) is 9.46. The molecule has 2 aromatic rings. The van der Waals surface area contributed by atoms with Gasteiger partial charge in [-0.05, 0) is 43.0 Å². The van der Waals surface area contributed by atoms with E-state index in [9.17, 15) is 4.79 Å². The fourth-order valence-corrected chi connectivity index (χ4v) is 3.70. The van der Waals surface area contributed by atoms with Gasteiger partial charge in [-0.3, -0.25) is 4.79 Å². The molecule has 0 aromatic heterocycles. The summed E-state index contributed by atoms with van der Waals surface area (Å²) < 4.78 is 11.4. The van der Waals surface area contributed by atoms with E-state index in [0.717, 1.165) is 12.8 Å². The Labute approximate surface area is 165 Å². The van der Waals surface area contributed by atoms with Crippen LogP contribution >= 0.6 is 11.6 Å². The maximum atomic E-state index is 12.8. The third-order valence-electron chi connectivity index (χ3n) is 5.17. The monoisotopic (exact) mass is 387 g/mol. The first kappa shape index (κ1) is 19.7. The molecule has 0 unspecified atom stereocenters. The van der Waals surface area contributed by atoms with E-state index in [1.165, 1.54) is 5.56 Å². The number of benzene rings is 2. The average Bonchev–Trinajstić information content (AvgIpc) is 2.71. The van der Waals surface area contributed by atoms with Crippen molar-refractivity contribution in [2.45, 2.75) is 37.7 Å². The molecular formula is C22H26ClNO3. The molecule has 1 aliphatic rings. The van der Waals surface area contributed by atoms with Crippen molar-refractivity contribution in [3.63, 3.8) is 0 Å². The second-order valence-electron chi connectivity index (χ2n) is 6.95. The number of ether oxygens (including phenoxy) is 2. The molecule has 0 aliphatic carbocycles. The summed E-state index contributed by atoms with van der Waals surface area (Å²) in [6, 6.07) is 17.5. The van der Waals surface area contributed by atoms with E-state index in [1.807, 2.05) is 37.3 Å². The predicted octanol–water partition coefficient (Wildman–Crippen LogP) is 4.36. The summed E-state index contributed by atoms with van der Waals surface area (Å²) in [6.07, 6.45) is 1.82. The van der Waals surface area contributed by atoms with E-state index < -0.39 is 6.10 Å². The van der Waals surface area contributed by atoms with Gasteiger partial charge in [0, 0.05) is 30.2 Å². The topological polar surface area (TPSA) is 47.6 Å². The molecule has 1 saturated heterocycles. The number of hydrogen-bond acceptors (Lipinski definition) is 3. The number of carbonyl (C=O) groups excluding carboxylic acids is 1. The molecule has 0 saturated carbocycles. The Morgan fingerprint density at radius 1 is 1.19 bits per heavy atom. The van der Waals surface area contributed by atoms with Gasteiger partial charge in [-0.15, -0.1) is 0 Å². The summed E-state index contributed by atoms with van der Waals surface area (Å²) in [5.74, 6) is 0.507. The smallest absolute Gasteiger partial charge is 0.261 e.